The molecule has 1 fully saturated rings. The number of likely N-dealkylation sites (N-methyl/N-ethyl adjacent to an activating group) is 1. The van der Waals surface area contributed by atoms with Crippen molar-refractivity contribution in [3.05, 3.63) is 83.8 Å². The maximum Gasteiger partial charge on any atom is 0.245 e. The highest BCUT2D eigenvalue weighted by atomic mass is 19.1. The third-order valence-electron chi connectivity index (χ3n) is 9.74. The minimum Gasteiger partial charge on any atom is -0.385 e. The second kappa shape index (κ2) is 12.9. The van der Waals surface area contributed by atoms with Gasteiger partial charge in [0.25, 0.3) is 0 Å². The first-order valence-electron chi connectivity index (χ1n) is 16.8. The Hall–Kier alpha value is -5.61. The number of methoxy groups -OCH3 is 1. The van der Waals surface area contributed by atoms with Crippen LogP contribution in [0, 0.1) is 24.4 Å². The number of aliphatic hydroxyl groups excluding tert-OH is 1. The molecule has 0 spiro atoms. The van der Waals surface area contributed by atoms with Crippen molar-refractivity contribution in [2.24, 2.45) is 0 Å². The summed E-state index contributed by atoms with van der Waals surface area (Å²) in [6.45, 7) is 4.17. The molecule has 268 valence electrons. The van der Waals surface area contributed by atoms with Gasteiger partial charge in [-0.15, -0.1) is 0 Å². The van der Waals surface area contributed by atoms with E-state index in [1.165, 1.54) is 36.0 Å². The molecule has 0 radical (unpaired) electrons. The topological polar surface area (TPSA) is 139 Å². The molecule has 2 aromatic carbocycles. The minimum absolute atomic E-state index is 0.0339. The summed E-state index contributed by atoms with van der Waals surface area (Å²) in [5.74, 6) is -0.715. The normalized spacial score (nSPS) is 19.9. The molecule has 13 nitrogen and oxygen atoms in total. The van der Waals surface area contributed by atoms with Crippen molar-refractivity contribution in [2.45, 2.75) is 51.1 Å². The molecule has 0 saturated carbocycles. The molecule has 2 aliphatic heterocycles. The van der Waals surface area contributed by atoms with Gasteiger partial charge < -0.3 is 29.5 Å². The lowest BCUT2D eigenvalue weighted by atomic mass is 10.1. The third-order valence-corrected chi connectivity index (χ3v) is 9.74. The third kappa shape index (κ3) is 5.77. The number of aryl methyl sites for hydroxylation is 1. The number of amides is 1. The number of ether oxygens (including phenoxy) is 1. The number of carbonyl (C=O) groups excluding carboxylic acids is 1. The van der Waals surface area contributed by atoms with Crippen LogP contribution in [0.15, 0.2) is 54.7 Å². The molecule has 4 bridgehead atoms. The van der Waals surface area contributed by atoms with Gasteiger partial charge in [-0.3, -0.25) is 4.79 Å². The Kier molecular flexibility index (Phi) is 8.29. The lowest BCUT2D eigenvalue weighted by Crippen LogP contribution is -2.47. The Morgan fingerprint density at radius 1 is 1.00 bits per heavy atom. The van der Waals surface area contributed by atoms with Gasteiger partial charge in [-0.25, -0.2) is 37.8 Å². The number of aliphatic hydroxyl groups is 1. The van der Waals surface area contributed by atoms with Crippen molar-refractivity contribution in [3.63, 3.8) is 0 Å². The molecule has 8 rings (SSSR count). The highest BCUT2D eigenvalue weighted by molar-refractivity contribution is 5.94. The number of benzene rings is 2. The maximum atomic E-state index is 15.0. The molecule has 16 heteroatoms. The summed E-state index contributed by atoms with van der Waals surface area (Å²) in [6.07, 6.45) is 0.223. The van der Waals surface area contributed by atoms with Gasteiger partial charge >= 0.3 is 0 Å². The number of aromatic nitrogens is 7. The quantitative estimate of drug-likeness (QED) is 0.268. The molecule has 4 aromatic heterocycles. The van der Waals surface area contributed by atoms with E-state index in [1.807, 2.05) is 34.6 Å². The van der Waals surface area contributed by atoms with Crippen molar-refractivity contribution in [1.82, 2.24) is 39.2 Å². The van der Waals surface area contributed by atoms with Gasteiger partial charge in [-0.05, 0) is 50.6 Å². The van der Waals surface area contributed by atoms with Crippen molar-refractivity contribution >= 4 is 39.6 Å². The first-order chi connectivity index (χ1) is 25.0. The van der Waals surface area contributed by atoms with Crippen LogP contribution in [-0.4, -0.2) is 95.6 Å². The SMILES string of the molecule is CO[C@H]1CN(C)C(=O)[C@@H]2C[C@@H](CN2c2nc([C@H](C)O)nc3c2cnn3-c2ccc(F)cc2F)Nc2cccc(n2)-c2cc(F)cc3nc(C)n(c23)C1. The van der Waals surface area contributed by atoms with Crippen LogP contribution in [0.2, 0.25) is 0 Å². The van der Waals surface area contributed by atoms with Crippen molar-refractivity contribution in [1.29, 1.82) is 0 Å². The zero-order chi connectivity index (χ0) is 36.4. The van der Waals surface area contributed by atoms with E-state index >= 15 is 4.39 Å². The van der Waals surface area contributed by atoms with Gasteiger partial charge in [0.2, 0.25) is 5.91 Å². The van der Waals surface area contributed by atoms with Gasteiger partial charge in [0.15, 0.2) is 17.3 Å². The average molecular weight is 713 g/mol. The molecule has 0 unspecified atom stereocenters. The fourth-order valence-electron chi connectivity index (χ4n) is 7.26. The number of fused-ring (bicyclic) bond motifs is 6. The van der Waals surface area contributed by atoms with Gasteiger partial charge in [0, 0.05) is 51.0 Å². The number of nitrogens with one attached hydrogen (secondary N) is 1. The summed E-state index contributed by atoms with van der Waals surface area (Å²) in [5.41, 5.74) is 2.44. The number of hydrogen-bond acceptors (Lipinski definition) is 10. The average Bonchev–Trinajstić information content (AvgIpc) is 3.81. The first-order valence-corrected chi connectivity index (χ1v) is 16.8. The number of anilines is 2. The molecule has 4 atom stereocenters. The van der Waals surface area contributed by atoms with Gasteiger partial charge in [0.05, 0.1) is 41.0 Å². The standard InChI is InChI=1S/C36H35F3N10O3/c1-18(50)33-44-34(25-14-40-49(35(25)45-33)29-9-8-20(37)11-26(29)39)48-15-22-13-30(48)36(51)46(3)16-23(52-4)17-47-19(2)41-28-12-21(38)10-24(32(28)47)27-6-5-7-31(42-22)43-27/h5-12,14,18,22-23,30,50H,13,15-17H2,1-4H3,(H,42,43)/t18-,22-,23-,30-/m0/s1. The summed E-state index contributed by atoms with van der Waals surface area (Å²) < 4.78 is 52.9. The maximum absolute atomic E-state index is 15.0. The Labute approximate surface area is 295 Å². The second-order valence-corrected chi connectivity index (χ2v) is 13.3. The van der Waals surface area contributed by atoms with Crippen molar-refractivity contribution < 1.29 is 27.8 Å². The summed E-state index contributed by atoms with van der Waals surface area (Å²) in [4.78, 5) is 36.7. The lowest BCUT2D eigenvalue weighted by Gasteiger charge is -2.31. The Morgan fingerprint density at radius 2 is 1.83 bits per heavy atom. The number of halogens is 3. The lowest BCUT2D eigenvalue weighted by molar-refractivity contribution is -0.132. The van der Waals surface area contributed by atoms with Crippen LogP contribution in [0.1, 0.15) is 31.1 Å². The number of carbonyl (C=O) groups is 1. The molecular formula is C36H35F3N10O3. The van der Waals surface area contributed by atoms with Crippen LogP contribution in [0.4, 0.5) is 24.8 Å². The van der Waals surface area contributed by atoms with Crippen LogP contribution in [0.3, 0.4) is 0 Å². The van der Waals surface area contributed by atoms with Gasteiger partial charge in [0.1, 0.15) is 46.9 Å². The zero-order valence-corrected chi connectivity index (χ0v) is 28.8. The number of nitrogens with zero attached hydrogens (tertiary/aromatic N) is 9. The van der Waals surface area contributed by atoms with E-state index in [0.29, 0.717) is 58.1 Å². The molecule has 6 heterocycles. The second-order valence-electron chi connectivity index (χ2n) is 13.3. The van der Waals surface area contributed by atoms with Crippen LogP contribution < -0.4 is 10.2 Å². The number of rotatable bonds is 4. The van der Waals surface area contributed by atoms with E-state index < -0.39 is 35.7 Å². The van der Waals surface area contributed by atoms with Crippen molar-refractivity contribution in [2.75, 3.05) is 37.5 Å². The van der Waals surface area contributed by atoms with E-state index in [9.17, 15) is 18.7 Å². The number of pyridine rings is 1. The molecule has 0 aliphatic carbocycles. The van der Waals surface area contributed by atoms with E-state index in [4.69, 9.17) is 14.7 Å². The predicted octanol–water partition coefficient (Wildman–Crippen LogP) is 4.55. The fraction of sp³-hybridized carbons (Fsp3) is 0.333. The largest absolute Gasteiger partial charge is 0.385 e. The van der Waals surface area contributed by atoms with Gasteiger partial charge in [-0.1, -0.05) is 6.07 Å². The number of hydrogen-bond donors (Lipinski definition) is 2. The fourth-order valence-corrected chi connectivity index (χ4v) is 7.26. The Morgan fingerprint density at radius 3 is 2.60 bits per heavy atom. The van der Waals surface area contributed by atoms with E-state index in [2.05, 4.69) is 20.4 Å². The molecular weight excluding hydrogens is 677 g/mol. The minimum atomic E-state index is -1.12. The molecule has 6 aromatic rings. The summed E-state index contributed by atoms with van der Waals surface area (Å²) in [6, 6.07) is 10.4. The summed E-state index contributed by atoms with van der Waals surface area (Å²) in [7, 11) is 3.29. The van der Waals surface area contributed by atoms with E-state index in [0.717, 1.165) is 12.1 Å². The van der Waals surface area contributed by atoms with Crippen LogP contribution in [-0.2, 0) is 16.1 Å². The van der Waals surface area contributed by atoms with Crippen LogP contribution in [0.25, 0.3) is 39.0 Å². The van der Waals surface area contributed by atoms with Crippen molar-refractivity contribution in [3.8, 4) is 16.9 Å². The van der Waals surface area contributed by atoms with Gasteiger partial charge in [-0.2, -0.15) is 5.10 Å². The predicted molar refractivity (Wildman–Crippen MR) is 186 cm³/mol. The van der Waals surface area contributed by atoms with Crippen LogP contribution >= 0.6 is 0 Å². The molecule has 2 N–H and O–H groups in total. The summed E-state index contributed by atoms with van der Waals surface area (Å²) in [5, 5.41) is 18.9. The summed E-state index contributed by atoms with van der Waals surface area (Å²) >= 11 is 0. The molecule has 2 aliphatic rings. The molecule has 52 heavy (non-hydrogen) atoms. The smallest absolute Gasteiger partial charge is 0.245 e. The number of imidazole rings is 1. The van der Waals surface area contributed by atoms with E-state index in [-0.39, 0.29) is 42.2 Å². The van der Waals surface area contributed by atoms with E-state index in [1.54, 1.807) is 19.1 Å². The molecule has 1 amide bonds. The molecule has 1 saturated heterocycles. The highest BCUT2D eigenvalue weighted by Gasteiger charge is 2.41. The monoisotopic (exact) mass is 712 g/mol. The Balaban J connectivity index is 1.26. The highest BCUT2D eigenvalue weighted by Crippen LogP contribution is 2.36. The zero-order valence-electron chi connectivity index (χ0n) is 28.8. The first kappa shape index (κ1) is 33.5. The Bertz CT molecular complexity index is 2360. The van der Waals surface area contributed by atoms with Crippen LogP contribution in [0.5, 0.6) is 0 Å².